The molecular weight excluding hydrogens is 257 g/mol. The van der Waals surface area contributed by atoms with Crippen molar-refractivity contribution in [2.24, 2.45) is 5.92 Å². The minimum atomic E-state index is -1.14. The first kappa shape index (κ1) is 14.9. The van der Waals surface area contributed by atoms with Gasteiger partial charge in [0.2, 0.25) is 0 Å². The van der Waals surface area contributed by atoms with Crippen LogP contribution in [0.2, 0.25) is 5.02 Å². The number of benzene rings is 1. The first-order valence-electron chi connectivity index (χ1n) is 5.86. The van der Waals surface area contributed by atoms with Crippen molar-refractivity contribution in [3.63, 3.8) is 0 Å². The van der Waals surface area contributed by atoms with E-state index in [2.05, 4.69) is 0 Å². The van der Waals surface area contributed by atoms with Crippen molar-refractivity contribution in [3.8, 4) is 0 Å². The molecule has 0 bridgehead atoms. The van der Waals surface area contributed by atoms with Crippen LogP contribution >= 0.6 is 11.6 Å². The Bertz CT molecular complexity index is 403. The number of hydrogen-bond donors (Lipinski definition) is 1. The van der Waals surface area contributed by atoms with E-state index in [-0.39, 0.29) is 13.1 Å². The second kappa shape index (κ2) is 6.71. The zero-order chi connectivity index (χ0) is 13.7. The Morgan fingerprint density at radius 1 is 1.50 bits per heavy atom. The van der Waals surface area contributed by atoms with Crippen molar-refractivity contribution in [1.29, 1.82) is 0 Å². The lowest BCUT2D eigenvalue weighted by atomic mass is 10.1. The molecule has 0 fully saturated rings. The number of halogens is 2. The summed E-state index contributed by atoms with van der Waals surface area (Å²) >= 11 is 5.93. The standard InChI is InChI=1S/C13H17ClFNO2/c1-9(2)6-16(8-13(17)18)7-10-11(14)4-3-5-12(10)15/h3-5,9H,6-8H2,1-2H3,(H,17,18). The summed E-state index contributed by atoms with van der Waals surface area (Å²) in [5.41, 5.74) is 0.357. The molecule has 100 valence electrons. The van der Waals surface area contributed by atoms with Crippen LogP contribution < -0.4 is 10.0 Å². The van der Waals surface area contributed by atoms with E-state index >= 15 is 0 Å². The first-order chi connectivity index (χ1) is 8.40. The van der Waals surface area contributed by atoms with E-state index in [1.807, 2.05) is 13.8 Å². The van der Waals surface area contributed by atoms with Crippen LogP contribution in [0.5, 0.6) is 0 Å². The molecule has 5 heteroatoms. The predicted molar refractivity (Wildman–Crippen MR) is 65.7 cm³/mol. The van der Waals surface area contributed by atoms with Crippen LogP contribution in [-0.2, 0) is 11.3 Å². The molecule has 1 unspecified atom stereocenters. The Morgan fingerprint density at radius 3 is 2.67 bits per heavy atom. The molecular formula is C13H17ClFNO2. The Labute approximate surface area is 111 Å². The van der Waals surface area contributed by atoms with Crippen LogP contribution in [0, 0.1) is 11.7 Å². The molecule has 0 aliphatic carbocycles. The highest BCUT2D eigenvalue weighted by Crippen LogP contribution is 2.17. The Morgan fingerprint density at radius 2 is 2.17 bits per heavy atom. The van der Waals surface area contributed by atoms with E-state index < -0.39 is 11.8 Å². The number of quaternary nitrogens is 1. The van der Waals surface area contributed by atoms with Gasteiger partial charge in [0, 0.05) is 5.92 Å². The molecule has 0 aromatic heterocycles. The molecule has 1 aromatic rings. The van der Waals surface area contributed by atoms with Crippen molar-refractivity contribution in [1.82, 2.24) is 0 Å². The number of aliphatic carboxylic acids is 1. The number of carbonyl (C=O) groups excluding carboxylic acids is 1. The largest absolute Gasteiger partial charge is 0.544 e. The summed E-state index contributed by atoms with van der Waals surface area (Å²) in [6, 6.07) is 4.46. The maximum Gasteiger partial charge on any atom is 0.133 e. The highest BCUT2D eigenvalue weighted by atomic mass is 35.5. The van der Waals surface area contributed by atoms with E-state index in [0.717, 1.165) is 4.90 Å². The molecule has 1 aromatic carbocycles. The fraction of sp³-hybridized carbons (Fsp3) is 0.462. The third-order valence-corrected chi connectivity index (χ3v) is 2.93. The van der Waals surface area contributed by atoms with E-state index in [4.69, 9.17) is 11.6 Å². The van der Waals surface area contributed by atoms with Gasteiger partial charge in [0.1, 0.15) is 18.9 Å². The number of carboxylic acid groups (broad SMARTS) is 1. The van der Waals surface area contributed by atoms with Crippen molar-refractivity contribution in [3.05, 3.63) is 34.6 Å². The second-order valence-corrected chi connectivity index (χ2v) is 5.18. The van der Waals surface area contributed by atoms with Gasteiger partial charge in [-0.25, -0.2) is 4.39 Å². The van der Waals surface area contributed by atoms with Crippen molar-refractivity contribution < 1.29 is 19.2 Å². The van der Waals surface area contributed by atoms with Gasteiger partial charge < -0.3 is 14.8 Å². The average Bonchev–Trinajstić information content (AvgIpc) is 2.21. The predicted octanol–water partition coefficient (Wildman–Crippen LogP) is 0.270. The minimum absolute atomic E-state index is 0.150. The monoisotopic (exact) mass is 273 g/mol. The number of rotatable bonds is 6. The average molecular weight is 274 g/mol. The van der Waals surface area contributed by atoms with Gasteiger partial charge in [0.25, 0.3) is 0 Å². The molecule has 1 atom stereocenters. The van der Waals surface area contributed by atoms with E-state index in [9.17, 15) is 14.3 Å². The maximum absolute atomic E-state index is 13.6. The summed E-state index contributed by atoms with van der Waals surface area (Å²) in [7, 11) is 0. The van der Waals surface area contributed by atoms with Gasteiger partial charge in [-0.3, -0.25) is 0 Å². The van der Waals surface area contributed by atoms with Crippen LogP contribution in [0.25, 0.3) is 0 Å². The number of nitrogens with one attached hydrogen (secondary N) is 1. The fourth-order valence-electron chi connectivity index (χ4n) is 1.94. The Kier molecular flexibility index (Phi) is 5.56. The molecule has 0 aliphatic rings. The maximum atomic E-state index is 13.6. The quantitative estimate of drug-likeness (QED) is 0.809. The second-order valence-electron chi connectivity index (χ2n) is 4.77. The highest BCUT2D eigenvalue weighted by Gasteiger charge is 2.17. The number of hydrogen-bond acceptors (Lipinski definition) is 2. The van der Waals surface area contributed by atoms with Crippen LogP contribution in [-0.4, -0.2) is 19.1 Å². The third-order valence-electron chi connectivity index (χ3n) is 2.58. The third kappa shape index (κ3) is 4.63. The molecule has 0 saturated heterocycles. The molecule has 1 N–H and O–H groups in total. The zero-order valence-electron chi connectivity index (χ0n) is 10.5. The normalized spacial score (nSPS) is 12.7. The van der Waals surface area contributed by atoms with Crippen LogP contribution in [0.1, 0.15) is 19.4 Å². The van der Waals surface area contributed by atoms with Gasteiger partial charge in [-0.05, 0) is 12.1 Å². The molecule has 18 heavy (non-hydrogen) atoms. The summed E-state index contributed by atoms with van der Waals surface area (Å²) in [5, 5.41) is 11.0. The zero-order valence-corrected chi connectivity index (χ0v) is 11.3. The summed E-state index contributed by atoms with van der Waals surface area (Å²) in [5.74, 6) is -1.23. The minimum Gasteiger partial charge on any atom is -0.544 e. The van der Waals surface area contributed by atoms with Gasteiger partial charge in [-0.15, -0.1) is 0 Å². The Hall–Kier alpha value is -1.13. The Balaban J connectivity index is 2.84. The molecule has 0 heterocycles. The summed E-state index contributed by atoms with van der Waals surface area (Å²) in [4.78, 5) is 11.4. The highest BCUT2D eigenvalue weighted by molar-refractivity contribution is 6.31. The molecule has 3 nitrogen and oxygen atoms in total. The van der Waals surface area contributed by atoms with E-state index in [1.165, 1.54) is 12.1 Å². The summed E-state index contributed by atoms with van der Waals surface area (Å²) < 4.78 is 13.6. The topological polar surface area (TPSA) is 44.6 Å². The lowest BCUT2D eigenvalue weighted by Crippen LogP contribution is -3.12. The van der Waals surface area contributed by atoms with Crippen LogP contribution in [0.4, 0.5) is 4.39 Å². The molecule has 0 saturated carbocycles. The van der Waals surface area contributed by atoms with Crippen molar-refractivity contribution in [2.75, 3.05) is 13.1 Å². The first-order valence-corrected chi connectivity index (χ1v) is 6.24. The van der Waals surface area contributed by atoms with Crippen molar-refractivity contribution in [2.45, 2.75) is 20.4 Å². The molecule has 0 aliphatic heterocycles. The lowest BCUT2D eigenvalue weighted by Gasteiger charge is -2.22. The molecule has 1 rings (SSSR count). The lowest BCUT2D eigenvalue weighted by molar-refractivity contribution is -0.911. The van der Waals surface area contributed by atoms with Gasteiger partial charge >= 0.3 is 0 Å². The van der Waals surface area contributed by atoms with Gasteiger partial charge in [0.05, 0.1) is 23.1 Å². The fourth-order valence-corrected chi connectivity index (χ4v) is 2.17. The number of carbonyl (C=O) groups is 1. The van der Waals surface area contributed by atoms with Gasteiger partial charge in [0.15, 0.2) is 0 Å². The van der Waals surface area contributed by atoms with Crippen molar-refractivity contribution >= 4 is 17.6 Å². The molecule has 0 radical (unpaired) electrons. The van der Waals surface area contributed by atoms with Gasteiger partial charge in [-0.2, -0.15) is 0 Å². The smallest absolute Gasteiger partial charge is 0.133 e. The SMILES string of the molecule is CC(C)C[NH+](CC(=O)[O-])Cc1c(F)cccc1Cl. The van der Waals surface area contributed by atoms with E-state index in [1.54, 1.807) is 6.07 Å². The summed E-state index contributed by atoms with van der Waals surface area (Å²) in [6.07, 6.45) is 0. The van der Waals surface area contributed by atoms with E-state index in [0.29, 0.717) is 23.0 Å². The summed E-state index contributed by atoms with van der Waals surface area (Å²) in [6.45, 7) is 4.69. The molecule has 0 amide bonds. The molecule has 0 spiro atoms. The number of carboxylic acids is 1. The van der Waals surface area contributed by atoms with Crippen LogP contribution in [0.3, 0.4) is 0 Å². The van der Waals surface area contributed by atoms with Crippen LogP contribution in [0.15, 0.2) is 18.2 Å². The van der Waals surface area contributed by atoms with Gasteiger partial charge in [-0.1, -0.05) is 31.5 Å².